The van der Waals surface area contributed by atoms with Crippen molar-refractivity contribution in [1.29, 1.82) is 5.26 Å². The van der Waals surface area contributed by atoms with Crippen LogP contribution < -0.4 is 5.06 Å². The predicted octanol–water partition coefficient (Wildman–Crippen LogP) is 1.37. The zero-order chi connectivity index (χ0) is 15.5. The van der Waals surface area contributed by atoms with Crippen LogP contribution in [0.5, 0.6) is 0 Å². The maximum Gasteiger partial charge on any atom is 0.450 e. The molecule has 1 N–H and O–H groups in total. The fourth-order valence-corrected chi connectivity index (χ4v) is 1.35. The Bertz CT molecular complexity index is 565. The minimum absolute atomic E-state index is 0.425. The summed E-state index contributed by atoms with van der Waals surface area (Å²) >= 11 is 0. The van der Waals surface area contributed by atoms with Crippen LogP contribution in [0.25, 0.3) is 0 Å². The van der Waals surface area contributed by atoms with Crippen LogP contribution in [-0.2, 0) is 4.79 Å². The maximum atomic E-state index is 13.4. The number of halogens is 5. The molecule has 0 saturated heterocycles. The summed E-state index contributed by atoms with van der Waals surface area (Å²) in [5.41, 5.74) is -1.43. The van der Waals surface area contributed by atoms with E-state index >= 15 is 0 Å². The normalized spacial score (nSPS) is 12.8. The fourth-order valence-electron chi connectivity index (χ4n) is 1.35. The summed E-state index contributed by atoms with van der Waals surface area (Å²) in [6, 6.07) is 2.23. The Hall–Kier alpha value is -2.05. The van der Waals surface area contributed by atoms with Crippen LogP contribution in [0.2, 0.25) is 0 Å². The molecule has 20 heavy (non-hydrogen) atoms. The molecule has 4 nitrogen and oxygen atoms in total. The monoisotopic (exact) mass is 294 g/mol. The van der Waals surface area contributed by atoms with Crippen LogP contribution in [-0.4, -0.2) is 18.5 Å². The van der Waals surface area contributed by atoms with E-state index in [2.05, 4.69) is 0 Å². The van der Waals surface area contributed by atoms with E-state index in [0.29, 0.717) is 12.1 Å². The molecule has 0 amide bonds. The summed E-state index contributed by atoms with van der Waals surface area (Å²) in [6.45, 7) is -0.902. The number of carbonyl (C=O) groups is 1. The summed E-state index contributed by atoms with van der Waals surface area (Å²) in [7, 11) is 0. The second kappa shape index (κ2) is 5.94. The smallest absolute Gasteiger partial charge is 0.450 e. The second-order valence-electron chi connectivity index (χ2n) is 3.77. The molecular formula is C11H7F5N2O2. The van der Waals surface area contributed by atoms with Crippen molar-refractivity contribution >= 4 is 11.5 Å². The van der Waals surface area contributed by atoms with E-state index in [4.69, 9.17) is 5.26 Å². The Kier molecular flexibility index (Phi) is 4.75. The lowest BCUT2D eigenvalue weighted by Crippen LogP contribution is -3.02. The molecule has 1 aromatic rings. The standard InChI is InChI=1S/C11H7F5N2O2/c12-7-4-9(8(13)3-6(7)5-17)18(20)2-1-10(19)11(14,15)16/h3-4,18H,1-2H2. The highest BCUT2D eigenvalue weighted by Crippen LogP contribution is 2.18. The summed E-state index contributed by atoms with van der Waals surface area (Å²) < 4.78 is 62.3. The van der Waals surface area contributed by atoms with Crippen molar-refractivity contribution in [3.63, 3.8) is 0 Å². The number of nitriles is 1. The van der Waals surface area contributed by atoms with Gasteiger partial charge in [0.1, 0.15) is 11.9 Å². The van der Waals surface area contributed by atoms with E-state index < -0.39 is 52.9 Å². The van der Waals surface area contributed by atoms with E-state index in [0.717, 1.165) is 0 Å². The minimum Gasteiger partial charge on any atom is -0.629 e. The fraction of sp³-hybridized carbons (Fsp3) is 0.273. The predicted molar refractivity (Wildman–Crippen MR) is 55.6 cm³/mol. The molecule has 0 aliphatic rings. The van der Waals surface area contributed by atoms with Gasteiger partial charge in [-0.1, -0.05) is 0 Å². The molecule has 0 heterocycles. The van der Waals surface area contributed by atoms with Gasteiger partial charge in [-0.2, -0.15) is 18.4 Å². The lowest BCUT2D eigenvalue weighted by molar-refractivity contribution is -0.777. The summed E-state index contributed by atoms with van der Waals surface area (Å²) in [6.07, 6.45) is -6.22. The first-order chi connectivity index (χ1) is 9.16. The van der Waals surface area contributed by atoms with Crippen LogP contribution in [0.4, 0.5) is 27.6 Å². The number of hydrogen-bond donors (Lipinski definition) is 1. The Morgan fingerprint density at radius 2 is 1.90 bits per heavy atom. The van der Waals surface area contributed by atoms with Gasteiger partial charge in [-0.15, -0.1) is 0 Å². The molecule has 9 heteroatoms. The van der Waals surface area contributed by atoms with Gasteiger partial charge < -0.3 is 10.3 Å². The van der Waals surface area contributed by atoms with E-state index in [1.807, 2.05) is 0 Å². The number of Topliss-reactive ketones (excluding diaryl/α,β-unsaturated/α-hetero) is 1. The summed E-state index contributed by atoms with van der Waals surface area (Å²) in [4.78, 5) is 10.6. The molecule has 1 rings (SSSR count). The number of hydroxylamine groups is 1. The Labute approximate surface area is 109 Å². The van der Waals surface area contributed by atoms with Crippen LogP contribution in [0, 0.1) is 28.2 Å². The van der Waals surface area contributed by atoms with Crippen molar-refractivity contribution in [3.05, 3.63) is 34.5 Å². The average molecular weight is 294 g/mol. The van der Waals surface area contributed by atoms with Crippen molar-refractivity contribution in [1.82, 2.24) is 0 Å². The van der Waals surface area contributed by atoms with Gasteiger partial charge in [0.15, 0.2) is 11.5 Å². The van der Waals surface area contributed by atoms with Gasteiger partial charge >= 0.3 is 6.18 Å². The number of rotatable bonds is 4. The molecule has 0 aromatic heterocycles. The average Bonchev–Trinajstić information content (AvgIpc) is 2.36. The molecule has 0 saturated carbocycles. The molecule has 0 bridgehead atoms. The molecule has 1 unspecified atom stereocenters. The molecule has 108 valence electrons. The highest BCUT2D eigenvalue weighted by Gasteiger charge is 2.38. The number of ketones is 1. The third-order valence-corrected chi connectivity index (χ3v) is 2.37. The molecule has 0 aliphatic carbocycles. The van der Waals surface area contributed by atoms with E-state index in [9.17, 15) is 32.0 Å². The van der Waals surface area contributed by atoms with Crippen molar-refractivity contribution in [3.8, 4) is 6.07 Å². The van der Waals surface area contributed by atoms with E-state index in [-0.39, 0.29) is 0 Å². The van der Waals surface area contributed by atoms with Gasteiger partial charge in [-0.3, -0.25) is 4.79 Å². The number of benzene rings is 1. The Morgan fingerprint density at radius 3 is 2.40 bits per heavy atom. The third kappa shape index (κ3) is 3.72. The van der Waals surface area contributed by atoms with Crippen molar-refractivity contribution < 1.29 is 31.8 Å². The molecule has 1 atom stereocenters. The van der Waals surface area contributed by atoms with Gasteiger partial charge in [-0.05, 0) is 0 Å². The quantitative estimate of drug-likeness (QED) is 0.673. The maximum absolute atomic E-state index is 13.4. The van der Waals surface area contributed by atoms with Crippen molar-refractivity contribution in [2.45, 2.75) is 12.6 Å². The lowest BCUT2D eigenvalue weighted by Gasteiger charge is -2.22. The van der Waals surface area contributed by atoms with Crippen LogP contribution in [0.3, 0.4) is 0 Å². The largest absolute Gasteiger partial charge is 0.629 e. The summed E-state index contributed by atoms with van der Waals surface area (Å²) in [5.74, 6) is -4.52. The number of alkyl halides is 3. The first-order valence-electron chi connectivity index (χ1n) is 5.19. The Balaban J connectivity index is 2.84. The van der Waals surface area contributed by atoms with Gasteiger partial charge in [0.2, 0.25) is 5.78 Å². The highest BCUT2D eigenvalue weighted by molar-refractivity contribution is 5.84. The van der Waals surface area contributed by atoms with Gasteiger partial charge in [0.25, 0.3) is 0 Å². The zero-order valence-corrected chi connectivity index (χ0v) is 9.72. The van der Waals surface area contributed by atoms with E-state index in [1.165, 1.54) is 6.07 Å². The molecule has 0 spiro atoms. The molecule has 0 fully saturated rings. The molecule has 0 aliphatic heterocycles. The molecule has 1 aromatic carbocycles. The number of quaternary nitrogens is 1. The topological polar surface area (TPSA) is 68.4 Å². The number of carbonyl (C=O) groups excluding carboxylic acids is 1. The van der Waals surface area contributed by atoms with Gasteiger partial charge in [0, 0.05) is 12.1 Å². The van der Waals surface area contributed by atoms with Gasteiger partial charge in [0.05, 0.1) is 18.5 Å². The summed E-state index contributed by atoms with van der Waals surface area (Å²) in [5, 5.41) is 18.7. The second-order valence-corrected chi connectivity index (χ2v) is 3.77. The lowest BCUT2D eigenvalue weighted by atomic mass is 10.2. The van der Waals surface area contributed by atoms with Crippen LogP contribution in [0.15, 0.2) is 12.1 Å². The SMILES string of the molecule is N#Cc1cc(F)c([NH+]([O-])CCC(=O)C(F)(F)F)cc1F. The van der Waals surface area contributed by atoms with Crippen LogP contribution >= 0.6 is 0 Å². The van der Waals surface area contributed by atoms with Crippen LogP contribution in [0.1, 0.15) is 12.0 Å². The van der Waals surface area contributed by atoms with Crippen molar-refractivity contribution in [2.24, 2.45) is 0 Å². The first kappa shape index (κ1) is 16.0. The zero-order valence-electron chi connectivity index (χ0n) is 9.72. The minimum atomic E-state index is -5.07. The molecule has 0 radical (unpaired) electrons. The number of hydrogen-bond acceptors (Lipinski definition) is 3. The van der Waals surface area contributed by atoms with E-state index in [1.54, 1.807) is 0 Å². The van der Waals surface area contributed by atoms with Gasteiger partial charge in [-0.25, -0.2) is 8.78 Å². The Morgan fingerprint density at radius 1 is 1.30 bits per heavy atom. The third-order valence-electron chi connectivity index (χ3n) is 2.37. The number of nitrogens with one attached hydrogen (secondary N) is 1. The number of nitrogens with zero attached hydrogens (tertiary/aromatic N) is 1. The highest BCUT2D eigenvalue weighted by atomic mass is 19.4. The first-order valence-corrected chi connectivity index (χ1v) is 5.19. The molecular weight excluding hydrogens is 287 g/mol. The van der Waals surface area contributed by atoms with Crippen molar-refractivity contribution in [2.75, 3.05) is 6.54 Å².